The third kappa shape index (κ3) is 2.06. The number of hydrogen-bond acceptors (Lipinski definition) is 4. The van der Waals surface area contributed by atoms with Crippen molar-refractivity contribution >= 4 is 38.4 Å². The number of fused-ring (bicyclic) bond motifs is 3. The number of amides is 1. The largest absolute Gasteiger partial charge is 0.368 e. The molecule has 3 rings (SSSR count). The monoisotopic (exact) mass is 302 g/mol. The first-order chi connectivity index (χ1) is 10.0. The first-order valence-electron chi connectivity index (χ1n) is 6.40. The van der Waals surface area contributed by atoms with Gasteiger partial charge in [-0.25, -0.2) is 4.68 Å². The molecule has 0 fully saturated rings. The van der Waals surface area contributed by atoms with Crippen LogP contribution in [-0.4, -0.2) is 20.3 Å². The molecule has 0 bridgehead atoms. The highest BCUT2D eigenvalue weighted by atomic mass is 32.1. The zero-order valence-electron chi connectivity index (χ0n) is 11.5. The van der Waals surface area contributed by atoms with Gasteiger partial charge in [0, 0.05) is 16.8 Å². The molecule has 0 saturated carbocycles. The molecule has 1 amide bonds. The van der Waals surface area contributed by atoms with Gasteiger partial charge in [-0.2, -0.15) is 5.10 Å². The Labute approximate surface area is 124 Å². The second kappa shape index (κ2) is 4.85. The molecule has 0 spiro atoms. The summed E-state index contributed by atoms with van der Waals surface area (Å²) in [5, 5.41) is 4.85. The predicted octanol–water partition coefficient (Wildman–Crippen LogP) is 1.39. The first-order valence-corrected chi connectivity index (χ1v) is 7.22. The van der Waals surface area contributed by atoms with Crippen molar-refractivity contribution in [1.29, 1.82) is 0 Å². The predicted molar refractivity (Wildman–Crippen MR) is 83.5 cm³/mol. The second-order valence-electron chi connectivity index (χ2n) is 4.81. The van der Waals surface area contributed by atoms with Gasteiger partial charge in [0.1, 0.15) is 12.1 Å². The molecule has 6 nitrogen and oxygen atoms in total. The molecule has 0 aliphatic heterocycles. The number of rotatable bonds is 4. The Balaban J connectivity index is 2.41. The average molecular weight is 302 g/mol. The van der Waals surface area contributed by atoms with Crippen LogP contribution in [0.4, 0.5) is 0 Å². The molecule has 0 saturated heterocycles. The normalized spacial score (nSPS) is 11.3. The summed E-state index contributed by atoms with van der Waals surface area (Å²) >= 11 is 1.62. The summed E-state index contributed by atoms with van der Waals surface area (Å²) in [6.07, 6.45) is 3.36. The summed E-state index contributed by atoms with van der Waals surface area (Å²) in [6.45, 7) is 6.06. The van der Waals surface area contributed by atoms with E-state index in [0.29, 0.717) is 12.1 Å². The fraction of sp³-hybridized carbons (Fsp3) is 0.214. The lowest BCUT2D eigenvalue weighted by molar-refractivity contribution is -0.118. The maximum atomic E-state index is 12.6. The first kappa shape index (κ1) is 13.6. The van der Waals surface area contributed by atoms with E-state index in [2.05, 4.69) is 11.7 Å². The van der Waals surface area contributed by atoms with Crippen LogP contribution in [0.1, 0.15) is 4.88 Å². The number of primary amides is 1. The number of aromatic nitrogens is 3. The van der Waals surface area contributed by atoms with Gasteiger partial charge < -0.3 is 10.3 Å². The van der Waals surface area contributed by atoms with Crippen LogP contribution in [0, 0.1) is 6.92 Å². The summed E-state index contributed by atoms with van der Waals surface area (Å²) in [7, 11) is 0. The quantitative estimate of drug-likeness (QED) is 0.739. The Bertz CT molecular complexity index is 932. The van der Waals surface area contributed by atoms with Gasteiger partial charge in [-0.3, -0.25) is 9.59 Å². The van der Waals surface area contributed by atoms with Crippen LogP contribution in [0.15, 0.2) is 29.7 Å². The molecule has 0 unspecified atom stereocenters. The Hall–Kier alpha value is -2.41. The fourth-order valence-electron chi connectivity index (χ4n) is 2.50. The highest BCUT2D eigenvalue weighted by molar-refractivity contribution is 7.20. The van der Waals surface area contributed by atoms with Crippen molar-refractivity contribution in [2.45, 2.75) is 20.0 Å². The van der Waals surface area contributed by atoms with Gasteiger partial charge in [0.2, 0.25) is 5.91 Å². The van der Waals surface area contributed by atoms with Gasteiger partial charge in [-0.05, 0) is 13.0 Å². The number of carbonyl (C=O) groups excluding carboxylic acids is 1. The van der Waals surface area contributed by atoms with Crippen LogP contribution < -0.4 is 11.3 Å². The van der Waals surface area contributed by atoms with Crippen molar-refractivity contribution in [3.8, 4) is 0 Å². The highest BCUT2D eigenvalue weighted by Crippen LogP contribution is 2.33. The molecule has 3 aromatic heterocycles. The van der Waals surface area contributed by atoms with Crippen molar-refractivity contribution in [3.63, 3.8) is 0 Å². The number of hydrogen-bond donors (Lipinski definition) is 1. The molecule has 0 atom stereocenters. The minimum Gasteiger partial charge on any atom is -0.368 e. The minimum absolute atomic E-state index is 0.222. The number of nitrogens with two attached hydrogens (primary N) is 1. The molecule has 3 aromatic rings. The molecule has 0 aromatic carbocycles. The maximum Gasteiger partial charge on any atom is 0.291 e. The molecular formula is C14H14N4O2S. The molecule has 0 aliphatic carbocycles. The maximum absolute atomic E-state index is 12.6. The molecule has 2 N–H and O–H groups in total. The second-order valence-corrected chi connectivity index (χ2v) is 6.06. The third-order valence-electron chi connectivity index (χ3n) is 3.28. The van der Waals surface area contributed by atoms with Crippen molar-refractivity contribution < 1.29 is 4.79 Å². The molecule has 21 heavy (non-hydrogen) atoms. The average Bonchev–Trinajstić information content (AvgIpc) is 2.91. The lowest BCUT2D eigenvalue weighted by Crippen LogP contribution is -2.30. The summed E-state index contributed by atoms with van der Waals surface area (Å²) in [4.78, 5) is 24.8. The SMILES string of the molecule is C=CCn1c2cc(C)sc2c2cnn(CC(N)=O)c(=O)c21. The number of allylic oxidation sites excluding steroid dienone is 1. The van der Waals surface area contributed by atoms with E-state index in [1.807, 2.05) is 17.6 Å². The minimum atomic E-state index is -0.594. The van der Waals surface area contributed by atoms with Crippen LogP contribution >= 0.6 is 11.3 Å². The molecule has 0 radical (unpaired) electrons. The van der Waals surface area contributed by atoms with Gasteiger partial charge in [-0.1, -0.05) is 6.08 Å². The van der Waals surface area contributed by atoms with E-state index in [1.54, 1.807) is 23.6 Å². The van der Waals surface area contributed by atoms with E-state index < -0.39 is 5.91 Å². The van der Waals surface area contributed by atoms with Crippen molar-refractivity contribution in [2.75, 3.05) is 0 Å². The Morgan fingerprint density at radius 2 is 2.33 bits per heavy atom. The van der Waals surface area contributed by atoms with E-state index >= 15 is 0 Å². The lowest BCUT2D eigenvalue weighted by Gasteiger charge is -2.05. The number of nitrogens with zero attached hydrogens (tertiary/aromatic N) is 3. The Morgan fingerprint density at radius 3 is 3.00 bits per heavy atom. The van der Waals surface area contributed by atoms with Gasteiger partial charge in [0.15, 0.2) is 0 Å². The standard InChI is InChI=1S/C14H14N4O2S/c1-3-4-17-10-5-8(2)21-13(10)9-6-16-18(7-11(15)19)14(20)12(9)17/h3,5-6H,1,4,7H2,2H3,(H2,15,19). The van der Waals surface area contributed by atoms with E-state index in [-0.39, 0.29) is 12.1 Å². The van der Waals surface area contributed by atoms with Gasteiger partial charge in [0.25, 0.3) is 5.56 Å². The van der Waals surface area contributed by atoms with E-state index in [0.717, 1.165) is 20.3 Å². The van der Waals surface area contributed by atoms with E-state index in [1.165, 1.54) is 4.88 Å². The molecule has 108 valence electrons. The smallest absolute Gasteiger partial charge is 0.291 e. The number of carbonyl (C=O) groups is 1. The Morgan fingerprint density at radius 1 is 1.57 bits per heavy atom. The fourth-order valence-corrected chi connectivity index (χ4v) is 3.52. The van der Waals surface area contributed by atoms with Crippen LogP contribution in [0.5, 0.6) is 0 Å². The molecule has 0 aliphatic rings. The molecule has 7 heteroatoms. The molecule has 3 heterocycles. The van der Waals surface area contributed by atoms with Crippen LogP contribution in [0.3, 0.4) is 0 Å². The van der Waals surface area contributed by atoms with Crippen molar-refractivity contribution in [2.24, 2.45) is 5.73 Å². The summed E-state index contributed by atoms with van der Waals surface area (Å²) in [5.41, 5.74) is 6.36. The van der Waals surface area contributed by atoms with Gasteiger partial charge in [-0.15, -0.1) is 17.9 Å². The van der Waals surface area contributed by atoms with Crippen LogP contribution in [0.25, 0.3) is 21.1 Å². The zero-order valence-corrected chi connectivity index (χ0v) is 12.3. The van der Waals surface area contributed by atoms with Gasteiger partial charge in [0.05, 0.1) is 16.4 Å². The topological polar surface area (TPSA) is 82.9 Å². The lowest BCUT2D eigenvalue weighted by atomic mass is 10.3. The number of aryl methyl sites for hydroxylation is 1. The van der Waals surface area contributed by atoms with E-state index in [9.17, 15) is 9.59 Å². The Kier molecular flexibility index (Phi) is 3.13. The summed E-state index contributed by atoms with van der Waals surface area (Å²) in [5.74, 6) is -0.594. The van der Waals surface area contributed by atoms with E-state index in [4.69, 9.17) is 5.73 Å². The highest BCUT2D eigenvalue weighted by Gasteiger charge is 2.17. The van der Waals surface area contributed by atoms with Crippen LogP contribution in [-0.2, 0) is 17.9 Å². The third-order valence-corrected chi connectivity index (χ3v) is 4.35. The van der Waals surface area contributed by atoms with Crippen molar-refractivity contribution in [1.82, 2.24) is 14.3 Å². The van der Waals surface area contributed by atoms with Crippen molar-refractivity contribution in [3.05, 3.63) is 40.1 Å². The number of thiophene rings is 1. The summed E-state index contributed by atoms with van der Waals surface area (Å²) < 4.78 is 4.03. The van der Waals surface area contributed by atoms with Crippen LogP contribution in [0.2, 0.25) is 0 Å². The summed E-state index contributed by atoms with van der Waals surface area (Å²) in [6, 6.07) is 2.04. The molecular weight excluding hydrogens is 288 g/mol. The zero-order chi connectivity index (χ0) is 15.1. The van der Waals surface area contributed by atoms with Gasteiger partial charge >= 0.3 is 0 Å².